The van der Waals surface area contributed by atoms with E-state index in [1.807, 2.05) is 25.5 Å². The molecule has 1 fully saturated rings. The molecule has 0 spiro atoms. The third-order valence-electron chi connectivity index (χ3n) is 5.98. The lowest BCUT2D eigenvalue weighted by Gasteiger charge is -2.32. The van der Waals surface area contributed by atoms with Crippen LogP contribution >= 0.6 is 0 Å². The van der Waals surface area contributed by atoms with Crippen LogP contribution in [0.25, 0.3) is 22.2 Å². The number of rotatable bonds is 4. The molecule has 1 aromatic carbocycles. The van der Waals surface area contributed by atoms with E-state index in [-0.39, 0.29) is 34.4 Å². The van der Waals surface area contributed by atoms with E-state index < -0.39 is 17.5 Å². The Bertz CT molecular complexity index is 1260. The van der Waals surface area contributed by atoms with Crippen molar-refractivity contribution in [1.29, 1.82) is 0 Å². The number of carbonyl (C=O) groups is 2. The molecule has 2 amide bonds. The molecular weight excluding hydrogens is 456 g/mol. The highest BCUT2D eigenvalue weighted by Gasteiger charge is 2.27. The Morgan fingerprint density at radius 1 is 1.11 bits per heavy atom. The van der Waals surface area contributed by atoms with Crippen molar-refractivity contribution in [1.82, 2.24) is 25.0 Å². The second-order valence-corrected chi connectivity index (χ2v) is 9.94. The standard InChI is InChI=1S/C25H29F2N5O3/c1-25(2,3)14-35-24(34)31-7-5-16(6-8-31)32-22-13-29-21(9-15(22)12-30-32)17-10-20(27)18(11-19(17)26)23(33)28-4/h9-13,16H,5-8,14H2,1-4H3,(H,28,33). The van der Waals surface area contributed by atoms with E-state index in [2.05, 4.69) is 15.4 Å². The number of likely N-dealkylation sites (tertiary alicyclic amines) is 1. The number of hydrogen-bond acceptors (Lipinski definition) is 5. The van der Waals surface area contributed by atoms with Gasteiger partial charge in [-0.25, -0.2) is 13.6 Å². The third-order valence-corrected chi connectivity index (χ3v) is 5.98. The molecule has 4 rings (SSSR count). The van der Waals surface area contributed by atoms with Crippen molar-refractivity contribution in [3.8, 4) is 11.3 Å². The molecule has 1 aliphatic rings. The van der Waals surface area contributed by atoms with Gasteiger partial charge in [0.1, 0.15) is 11.6 Å². The number of halogens is 2. The van der Waals surface area contributed by atoms with E-state index in [4.69, 9.17) is 4.74 Å². The van der Waals surface area contributed by atoms with Crippen LogP contribution in [0.4, 0.5) is 13.6 Å². The van der Waals surface area contributed by atoms with Crippen LogP contribution in [0.15, 0.2) is 30.6 Å². The first-order valence-electron chi connectivity index (χ1n) is 11.5. The highest BCUT2D eigenvalue weighted by atomic mass is 19.1. The first kappa shape index (κ1) is 24.6. The molecule has 1 aliphatic heterocycles. The molecule has 0 unspecified atom stereocenters. The molecule has 3 heterocycles. The van der Waals surface area contributed by atoms with Gasteiger partial charge in [-0.3, -0.25) is 14.5 Å². The van der Waals surface area contributed by atoms with Crippen LogP contribution in [0.5, 0.6) is 0 Å². The maximum absolute atomic E-state index is 14.7. The quantitative estimate of drug-likeness (QED) is 0.585. The van der Waals surface area contributed by atoms with E-state index in [0.717, 1.165) is 23.0 Å². The van der Waals surface area contributed by atoms with Gasteiger partial charge in [-0.15, -0.1) is 0 Å². The summed E-state index contributed by atoms with van der Waals surface area (Å²) < 4.78 is 36.4. The zero-order valence-electron chi connectivity index (χ0n) is 20.3. The fourth-order valence-corrected chi connectivity index (χ4v) is 4.10. The predicted molar refractivity (Wildman–Crippen MR) is 127 cm³/mol. The predicted octanol–water partition coefficient (Wildman–Crippen LogP) is 4.56. The summed E-state index contributed by atoms with van der Waals surface area (Å²) in [5.41, 5.74) is 0.524. The zero-order chi connectivity index (χ0) is 25.3. The van der Waals surface area contributed by atoms with Gasteiger partial charge in [0.2, 0.25) is 0 Å². The minimum atomic E-state index is -0.828. The van der Waals surface area contributed by atoms with Gasteiger partial charge in [-0.05, 0) is 36.5 Å². The summed E-state index contributed by atoms with van der Waals surface area (Å²) in [4.78, 5) is 30.1. The van der Waals surface area contributed by atoms with Crippen molar-refractivity contribution in [3.05, 3.63) is 47.8 Å². The smallest absolute Gasteiger partial charge is 0.409 e. The molecular formula is C25H29F2N5O3. The molecule has 1 N–H and O–H groups in total. The Morgan fingerprint density at radius 2 is 1.83 bits per heavy atom. The molecule has 0 bridgehead atoms. The lowest BCUT2D eigenvalue weighted by molar-refractivity contribution is 0.0622. The van der Waals surface area contributed by atoms with Gasteiger partial charge >= 0.3 is 6.09 Å². The molecule has 0 radical (unpaired) electrons. The van der Waals surface area contributed by atoms with E-state index in [1.165, 1.54) is 7.05 Å². The highest BCUT2D eigenvalue weighted by molar-refractivity contribution is 5.95. The Hall–Kier alpha value is -3.56. The topological polar surface area (TPSA) is 89.4 Å². The third kappa shape index (κ3) is 5.26. The number of pyridine rings is 1. The van der Waals surface area contributed by atoms with Crippen molar-refractivity contribution in [2.24, 2.45) is 5.41 Å². The van der Waals surface area contributed by atoms with E-state index in [9.17, 15) is 18.4 Å². The van der Waals surface area contributed by atoms with Crippen LogP contribution in [0, 0.1) is 17.0 Å². The zero-order valence-corrected chi connectivity index (χ0v) is 20.3. The van der Waals surface area contributed by atoms with Crippen LogP contribution in [0.2, 0.25) is 0 Å². The Kier molecular flexibility index (Phi) is 6.73. The maximum atomic E-state index is 14.7. The second kappa shape index (κ2) is 9.59. The SMILES string of the molecule is CNC(=O)c1cc(F)c(-c2cc3cnn(C4CCN(C(=O)OCC(C)(C)C)CC4)c3cn2)cc1F. The minimum Gasteiger partial charge on any atom is -0.449 e. The normalized spacial score (nSPS) is 14.9. The number of nitrogens with zero attached hydrogens (tertiary/aromatic N) is 4. The molecule has 2 aromatic heterocycles. The van der Waals surface area contributed by atoms with E-state index in [0.29, 0.717) is 32.5 Å². The fourth-order valence-electron chi connectivity index (χ4n) is 4.10. The molecule has 1 saturated heterocycles. The van der Waals surface area contributed by atoms with Crippen molar-refractivity contribution < 1.29 is 23.1 Å². The Morgan fingerprint density at radius 3 is 2.49 bits per heavy atom. The molecule has 0 saturated carbocycles. The number of carbonyl (C=O) groups excluding carboxylic acids is 2. The van der Waals surface area contributed by atoms with Gasteiger partial charge < -0.3 is 15.0 Å². The van der Waals surface area contributed by atoms with Gasteiger partial charge in [-0.1, -0.05) is 20.8 Å². The van der Waals surface area contributed by atoms with Gasteiger partial charge in [0.05, 0.1) is 41.8 Å². The maximum Gasteiger partial charge on any atom is 0.409 e. The van der Waals surface area contributed by atoms with Crippen molar-refractivity contribution in [2.75, 3.05) is 26.7 Å². The molecule has 0 aliphatic carbocycles. The van der Waals surface area contributed by atoms with Crippen molar-refractivity contribution in [3.63, 3.8) is 0 Å². The first-order valence-corrected chi connectivity index (χ1v) is 11.5. The van der Waals surface area contributed by atoms with Crippen LogP contribution in [-0.4, -0.2) is 58.4 Å². The molecule has 10 heteroatoms. The summed E-state index contributed by atoms with van der Waals surface area (Å²) in [5.74, 6) is -2.27. The van der Waals surface area contributed by atoms with Gasteiger partial charge in [0.25, 0.3) is 5.91 Å². The first-order chi connectivity index (χ1) is 16.6. The number of aromatic nitrogens is 3. The van der Waals surface area contributed by atoms with Crippen LogP contribution < -0.4 is 5.32 Å². The summed E-state index contributed by atoms with van der Waals surface area (Å²) >= 11 is 0. The van der Waals surface area contributed by atoms with E-state index in [1.54, 1.807) is 23.4 Å². The Labute approximate surface area is 202 Å². The average Bonchev–Trinajstić information content (AvgIpc) is 3.26. The Balaban J connectivity index is 1.49. The largest absolute Gasteiger partial charge is 0.449 e. The number of benzene rings is 1. The average molecular weight is 486 g/mol. The molecule has 3 aromatic rings. The molecule has 0 atom stereocenters. The van der Waals surface area contributed by atoms with Crippen LogP contribution in [-0.2, 0) is 4.74 Å². The van der Waals surface area contributed by atoms with Gasteiger partial charge in [0.15, 0.2) is 0 Å². The summed E-state index contributed by atoms with van der Waals surface area (Å²) in [6, 6.07) is 3.58. The van der Waals surface area contributed by atoms with Crippen LogP contribution in [0.3, 0.4) is 0 Å². The highest BCUT2D eigenvalue weighted by Crippen LogP contribution is 2.30. The summed E-state index contributed by atoms with van der Waals surface area (Å²) in [7, 11) is 1.35. The number of fused-ring (bicyclic) bond motifs is 1. The lowest BCUT2D eigenvalue weighted by atomic mass is 9.99. The number of piperidine rings is 1. The number of ether oxygens (including phenoxy) is 1. The van der Waals surface area contributed by atoms with Gasteiger partial charge in [-0.2, -0.15) is 5.10 Å². The number of amides is 2. The summed E-state index contributed by atoms with van der Waals surface area (Å²) in [6.07, 6.45) is 4.38. The second-order valence-electron chi connectivity index (χ2n) is 9.94. The molecule has 35 heavy (non-hydrogen) atoms. The fraction of sp³-hybridized carbons (Fsp3) is 0.440. The molecule has 8 nitrogen and oxygen atoms in total. The summed E-state index contributed by atoms with van der Waals surface area (Å²) in [5, 5.41) is 7.52. The number of hydrogen-bond donors (Lipinski definition) is 1. The lowest BCUT2D eigenvalue weighted by Crippen LogP contribution is -2.40. The van der Waals surface area contributed by atoms with Crippen molar-refractivity contribution in [2.45, 2.75) is 39.7 Å². The monoisotopic (exact) mass is 485 g/mol. The minimum absolute atomic E-state index is 0.0353. The van der Waals surface area contributed by atoms with Crippen molar-refractivity contribution >= 4 is 22.9 Å². The van der Waals surface area contributed by atoms with E-state index >= 15 is 0 Å². The summed E-state index contributed by atoms with van der Waals surface area (Å²) in [6.45, 7) is 7.52. The molecule has 186 valence electrons. The number of nitrogens with one attached hydrogen (secondary N) is 1. The van der Waals surface area contributed by atoms with Crippen LogP contribution in [0.1, 0.15) is 50.0 Å². The van der Waals surface area contributed by atoms with Gasteiger partial charge in [0, 0.05) is 31.1 Å².